The fourth-order valence-corrected chi connectivity index (χ4v) is 4.99. The zero-order valence-electron chi connectivity index (χ0n) is 12.9. The number of carbonyl (C=O) groups is 3. The summed E-state index contributed by atoms with van der Waals surface area (Å²) in [6.45, 7) is 4.92. The van der Waals surface area contributed by atoms with Gasteiger partial charge in [-0.3, -0.25) is 14.4 Å². The van der Waals surface area contributed by atoms with Crippen LogP contribution in [0.2, 0.25) is 0 Å². The first-order chi connectivity index (χ1) is 10.2. The minimum atomic E-state index is -1.34. The molecule has 6 nitrogen and oxygen atoms in total. The number of carboxylic acid groups (broad SMARTS) is 1. The zero-order valence-corrected chi connectivity index (χ0v) is 12.9. The van der Waals surface area contributed by atoms with E-state index in [2.05, 4.69) is 0 Å². The van der Waals surface area contributed by atoms with E-state index in [1.54, 1.807) is 13.8 Å². The molecule has 0 radical (unpaired) electrons. The SMILES string of the molecule is CC[C@@]12OC(=O)[C@](C)(C[C@]13C(=O)CC[C@H]3C(=O)O)C(O)=C2C. The summed E-state index contributed by atoms with van der Waals surface area (Å²) in [4.78, 5) is 36.9. The molecule has 2 fully saturated rings. The summed E-state index contributed by atoms with van der Waals surface area (Å²) in [7, 11) is 0. The topological polar surface area (TPSA) is 101 Å². The Labute approximate surface area is 128 Å². The largest absolute Gasteiger partial charge is 0.511 e. The first kappa shape index (κ1) is 15.1. The Morgan fingerprint density at radius 3 is 2.59 bits per heavy atom. The first-order valence-corrected chi connectivity index (χ1v) is 7.57. The van der Waals surface area contributed by atoms with Crippen molar-refractivity contribution >= 4 is 17.7 Å². The van der Waals surface area contributed by atoms with E-state index in [-0.39, 0.29) is 37.2 Å². The van der Waals surface area contributed by atoms with Crippen LogP contribution in [0.3, 0.4) is 0 Å². The molecule has 2 heterocycles. The van der Waals surface area contributed by atoms with E-state index in [4.69, 9.17) is 4.74 Å². The van der Waals surface area contributed by atoms with Crippen LogP contribution in [-0.2, 0) is 19.1 Å². The average Bonchev–Trinajstić information content (AvgIpc) is 2.78. The normalized spacial score (nSPS) is 43.9. The second kappa shape index (κ2) is 4.12. The van der Waals surface area contributed by atoms with Gasteiger partial charge < -0.3 is 14.9 Å². The smallest absolute Gasteiger partial charge is 0.320 e. The van der Waals surface area contributed by atoms with Gasteiger partial charge in [-0.25, -0.2) is 0 Å². The molecule has 2 bridgehead atoms. The third-order valence-electron chi connectivity index (χ3n) is 6.10. The van der Waals surface area contributed by atoms with Crippen LogP contribution in [-0.4, -0.2) is 33.5 Å². The van der Waals surface area contributed by atoms with E-state index in [9.17, 15) is 24.6 Å². The Morgan fingerprint density at radius 1 is 1.41 bits per heavy atom. The Hall–Kier alpha value is -1.85. The maximum atomic E-state index is 12.8. The number of rotatable bonds is 2. The van der Waals surface area contributed by atoms with Crippen LogP contribution < -0.4 is 0 Å². The number of ketones is 1. The molecule has 0 amide bonds. The molecule has 0 unspecified atom stereocenters. The van der Waals surface area contributed by atoms with Crippen LogP contribution in [0.1, 0.15) is 46.5 Å². The first-order valence-electron chi connectivity index (χ1n) is 7.57. The lowest BCUT2D eigenvalue weighted by atomic mass is 9.48. The van der Waals surface area contributed by atoms with Gasteiger partial charge in [-0.05, 0) is 33.1 Å². The maximum absolute atomic E-state index is 12.8. The van der Waals surface area contributed by atoms with Crippen molar-refractivity contribution in [2.75, 3.05) is 0 Å². The number of carbonyl (C=O) groups excluding carboxylic acids is 2. The van der Waals surface area contributed by atoms with Crippen LogP contribution in [0.15, 0.2) is 11.3 Å². The number of aliphatic hydroxyl groups is 1. The molecule has 2 N–H and O–H groups in total. The molecule has 1 spiro atoms. The van der Waals surface area contributed by atoms with Crippen molar-refractivity contribution in [3.8, 4) is 0 Å². The van der Waals surface area contributed by atoms with Gasteiger partial charge in [0.2, 0.25) is 0 Å². The van der Waals surface area contributed by atoms with Crippen LogP contribution in [0.4, 0.5) is 0 Å². The Kier molecular flexibility index (Phi) is 2.82. The molecule has 1 saturated heterocycles. The van der Waals surface area contributed by atoms with E-state index in [1.807, 2.05) is 0 Å². The van der Waals surface area contributed by atoms with Crippen LogP contribution in [0.5, 0.6) is 0 Å². The van der Waals surface area contributed by atoms with Gasteiger partial charge in [0.25, 0.3) is 0 Å². The molecule has 120 valence electrons. The molecule has 22 heavy (non-hydrogen) atoms. The Balaban J connectivity index is 2.34. The summed E-state index contributed by atoms with van der Waals surface area (Å²) in [5.41, 5.74) is -3.53. The quantitative estimate of drug-likeness (QED) is 0.756. The van der Waals surface area contributed by atoms with E-state index >= 15 is 0 Å². The molecule has 4 rings (SSSR count). The highest BCUT2D eigenvalue weighted by atomic mass is 16.6. The fraction of sp³-hybridized carbons (Fsp3) is 0.688. The van der Waals surface area contributed by atoms with Crippen molar-refractivity contribution in [1.29, 1.82) is 0 Å². The second-order valence-electron chi connectivity index (χ2n) is 6.88. The number of hydrogen-bond acceptors (Lipinski definition) is 5. The van der Waals surface area contributed by atoms with Gasteiger partial charge in [-0.1, -0.05) is 6.92 Å². The Morgan fingerprint density at radius 2 is 2.05 bits per heavy atom. The predicted octanol–water partition coefficient (Wildman–Crippen LogP) is 1.98. The highest BCUT2D eigenvalue weighted by Gasteiger charge is 2.76. The summed E-state index contributed by atoms with van der Waals surface area (Å²) in [5.74, 6) is -2.76. The van der Waals surface area contributed by atoms with Crippen molar-refractivity contribution in [2.45, 2.75) is 52.1 Å². The van der Waals surface area contributed by atoms with Crippen LogP contribution in [0, 0.1) is 16.7 Å². The van der Waals surface area contributed by atoms with E-state index in [1.165, 1.54) is 6.92 Å². The van der Waals surface area contributed by atoms with E-state index in [0.717, 1.165) is 0 Å². The number of aliphatic hydroxyl groups excluding tert-OH is 1. The molecular weight excluding hydrogens is 288 g/mol. The zero-order chi connectivity index (χ0) is 16.5. The van der Waals surface area contributed by atoms with Crippen molar-refractivity contribution in [2.24, 2.45) is 16.7 Å². The molecular formula is C16H20O6. The minimum absolute atomic E-state index is 0.00560. The van der Waals surface area contributed by atoms with Gasteiger partial charge in [-0.2, -0.15) is 0 Å². The van der Waals surface area contributed by atoms with E-state index in [0.29, 0.717) is 5.57 Å². The molecule has 0 aromatic heterocycles. The number of carboxylic acids is 1. The summed E-state index contributed by atoms with van der Waals surface area (Å²) in [6.07, 6.45) is 0.684. The van der Waals surface area contributed by atoms with Gasteiger partial charge in [0, 0.05) is 12.0 Å². The highest BCUT2D eigenvalue weighted by molar-refractivity contribution is 5.98. The summed E-state index contributed by atoms with van der Waals surface area (Å²) in [5, 5.41) is 20.1. The van der Waals surface area contributed by atoms with Crippen LogP contribution in [0.25, 0.3) is 0 Å². The molecule has 0 aromatic rings. The number of aliphatic carboxylic acids is 1. The maximum Gasteiger partial charge on any atom is 0.320 e. The molecule has 6 heteroatoms. The van der Waals surface area contributed by atoms with Gasteiger partial charge in [0.15, 0.2) is 0 Å². The summed E-state index contributed by atoms with van der Waals surface area (Å²) < 4.78 is 5.66. The molecule has 2 aliphatic heterocycles. The van der Waals surface area contributed by atoms with Crippen molar-refractivity contribution in [3.63, 3.8) is 0 Å². The lowest BCUT2D eigenvalue weighted by molar-refractivity contribution is -0.222. The molecule has 0 aromatic carbocycles. The van der Waals surface area contributed by atoms with Gasteiger partial charge in [0.1, 0.15) is 22.6 Å². The number of Topliss-reactive ketones (excluding diaryl/α,β-unsaturated/α-hetero) is 1. The van der Waals surface area contributed by atoms with E-state index < -0.39 is 34.3 Å². The van der Waals surface area contributed by atoms with Gasteiger partial charge in [0.05, 0.1) is 11.3 Å². The average molecular weight is 308 g/mol. The summed E-state index contributed by atoms with van der Waals surface area (Å²) in [6, 6.07) is 0. The minimum Gasteiger partial charge on any atom is -0.511 e. The summed E-state index contributed by atoms with van der Waals surface area (Å²) >= 11 is 0. The lowest BCUT2D eigenvalue weighted by Gasteiger charge is -2.60. The number of hydrogen-bond donors (Lipinski definition) is 2. The predicted molar refractivity (Wildman–Crippen MR) is 75.0 cm³/mol. The molecule has 4 atom stereocenters. The monoisotopic (exact) mass is 308 g/mol. The van der Waals surface area contributed by atoms with Gasteiger partial charge >= 0.3 is 11.9 Å². The van der Waals surface area contributed by atoms with Crippen molar-refractivity contribution in [1.82, 2.24) is 0 Å². The highest BCUT2D eigenvalue weighted by Crippen LogP contribution is 2.67. The lowest BCUT2D eigenvalue weighted by Crippen LogP contribution is -2.69. The van der Waals surface area contributed by atoms with Crippen molar-refractivity contribution in [3.05, 3.63) is 11.3 Å². The third kappa shape index (κ3) is 1.30. The third-order valence-corrected chi connectivity index (χ3v) is 6.10. The number of ether oxygens (including phenoxy) is 1. The van der Waals surface area contributed by atoms with Crippen LogP contribution >= 0.6 is 0 Å². The van der Waals surface area contributed by atoms with Crippen molar-refractivity contribution < 1.29 is 29.3 Å². The molecule has 2 aliphatic carbocycles. The second-order valence-corrected chi connectivity index (χ2v) is 6.88. The standard InChI is InChI=1S/C16H20O6/c1-4-16-8(2)11(18)14(3,13(21)22-16)7-15(16)9(12(19)20)5-6-10(15)17/h9,18H,4-7H2,1-3H3,(H,19,20)/t9-,14+,15-,16-/m0/s1. The molecule has 4 aliphatic rings. The Bertz CT molecular complexity index is 635. The number of fused-ring (bicyclic) bond motifs is 1. The number of esters is 1. The molecule has 1 saturated carbocycles. The fourth-order valence-electron chi connectivity index (χ4n) is 4.99. The van der Waals surface area contributed by atoms with Gasteiger partial charge in [-0.15, -0.1) is 0 Å².